The summed E-state index contributed by atoms with van der Waals surface area (Å²) in [4.78, 5) is 25.6. The Morgan fingerprint density at radius 3 is 2.66 bits per heavy atom. The van der Waals surface area contributed by atoms with Crippen molar-refractivity contribution in [3.8, 4) is 11.5 Å². The normalized spacial score (nSPS) is 12.6. The van der Waals surface area contributed by atoms with E-state index in [1.165, 1.54) is 6.92 Å². The van der Waals surface area contributed by atoms with Gasteiger partial charge in [-0.05, 0) is 47.5 Å². The number of halogens is 1. The molecule has 9 nitrogen and oxygen atoms in total. The van der Waals surface area contributed by atoms with E-state index in [9.17, 15) is 4.79 Å². The molecule has 1 unspecified atom stereocenters. The number of aromatic nitrogens is 3. The third kappa shape index (κ3) is 7.17. The van der Waals surface area contributed by atoms with Crippen molar-refractivity contribution in [3.63, 3.8) is 0 Å². The summed E-state index contributed by atoms with van der Waals surface area (Å²) in [6, 6.07) is 7.58. The maximum atomic E-state index is 11.6. The molecular formula is C25H33BrN6O3. The minimum atomic E-state index is -0.409. The van der Waals surface area contributed by atoms with E-state index in [1.807, 2.05) is 24.3 Å². The van der Waals surface area contributed by atoms with Gasteiger partial charge in [0.05, 0.1) is 25.3 Å². The number of nitrogens with one attached hydrogen (secondary N) is 3. The highest BCUT2D eigenvalue weighted by molar-refractivity contribution is 9.10. The van der Waals surface area contributed by atoms with Gasteiger partial charge in [0.1, 0.15) is 17.0 Å². The SMILES string of the molecule is CCCCC(C)(CNC(C)=O)Nc1nc(NCc2ccc(OC)cc2OC)nc2cc(Br)cnc12. The van der Waals surface area contributed by atoms with Gasteiger partial charge >= 0.3 is 0 Å². The molecule has 0 saturated carbocycles. The minimum absolute atomic E-state index is 0.0695. The van der Waals surface area contributed by atoms with Crippen LogP contribution in [0.1, 0.15) is 45.6 Å². The Labute approximate surface area is 214 Å². The number of carbonyl (C=O) groups is 1. The van der Waals surface area contributed by atoms with Crippen molar-refractivity contribution in [2.45, 2.75) is 52.1 Å². The summed E-state index contributed by atoms with van der Waals surface area (Å²) in [6.07, 6.45) is 4.64. The largest absolute Gasteiger partial charge is 0.497 e. The highest BCUT2D eigenvalue weighted by Crippen LogP contribution is 2.29. The Hall–Kier alpha value is -3.14. The Morgan fingerprint density at radius 2 is 1.97 bits per heavy atom. The Kier molecular flexibility index (Phi) is 9.08. The van der Waals surface area contributed by atoms with Gasteiger partial charge in [-0.25, -0.2) is 9.97 Å². The number of benzene rings is 1. The second-order valence-electron chi connectivity index (χ2n) is 8.65. The van der Waals surface area contributed by atoms with Gasteiger partial charge < -0.3 is 25.4 Å². The number of rotatable bonds is 12. The van der Waals surface area contributed by atoms with Gasteiger partial charge in [0.2, 0.25) is 11.9 Å². The first-order chi connectivity index (χ1) is 16.8. The van der Waals surface area contributed by atoms with Gasteiger partial charge in [-0.3, -0.25) is 4.79 Å². The van der Waals surface area contributed by atoms with Gasteiger partial charge in [0, 0.05) is 42.3 Å². The van der Waals surface area contributed by atoms with Crippen LogP contribution in [-0.4, -0.2) is 47.2 Å². The van der Waals surface area contributed by atoms with Crippen molar-refractivity contribution < 1.29 is 14.3 Å². The van der Waals surface area contributed by atoms with Gasteiger partial charge in [-0.2, -0.15) is 4.98 Å². The lowest BCUT2D eigenvalue weighted by atomic mass is 9.94. The van der Waals surface area contributed by atoms with Crippen molar-refractivity contribution in [2.24, 2.45) is 0 Å². The molecule has 1 amide bonds. The molecule has 3 N–H and O–H groups in total. The van der Waals surface area contributed by atoms with Crippen LogP contribution in [0, 0.1) is 0 Å². The minimum Gasteiger partial charge on any atom is -0.497 e. The van der Waals surface area contributed by atoms with E-state index in [-0.39, 0.29) is 5.91 Å². The summed E-state index contributed by atoms with van der Waals surface area (Å²) in [6.45, 7) is 6.68. The molecule has 1 atom stereocenters. The topological polar surface area (TPSA) is 110 Å². The van der Waals surface area contributed by atoms with Gasteiger partial charge in [-0.1, -0.05) is 19.8 Å². The number of hydrogen-bond donors (Lipinski definition) is 3. The van der Waals surface area contributed by atoms with Crippen molar-refractivity contribution in [1.82, 2.24) is 20.3 Å². The number of hydrogen-bond acceptors (Lipinski definition) is 8. The van der Waals surface area contributed by atoms with E-state index < -0.39 is 5.54 Å². The molecule has 188 valence electrons. The van der Waals surface area contributed by atoms with E-state index in [4.69, 9.17) is 14.5 Å². The smallest absolute Gasteiger partial charge is 0.225 e. The molecule has 0 saturated heterocycles. The molecule has 0 bridgehead atoms. The first-order valence-corrected chi connectivity index (χ1v) is 12.4. The van der Waals surface area contributed by atoms with Gasteiger partial charge in [-0.15, -0.1) is 0 Å². The van der Waals surface area contributed by atoms with E-state index in [0.29, 0.717) is 41.6 Å². The predicted octanol–water partition coefficient (Wildman–Crippen LogP) is 4.91. The van der Waals surface area contributed by atoms with Crippen LogP contribution in [0.4, 0.5) is 11.8 Å². The second kappa shape index (κ2) is 12.0. The maximum Gasteiger partial charge on any atom is 0.225 e. The monoisotopic (exact) mass is 544 g/mol. The van der Waals surface area contributed by atoms with E-state index in [1.54, 1.807) is 20.4 Å². The molecule has 2 heterocycles. The number of nitrogens with zero attached hydrogens (tertiary/aromatic N) is 3. The fourth-order valence-corrected chi connectivity index (χ4v) is 4.02. The summed E-state index contributed by atoms with van der Waals surface area (Å²) in [5.74, 6) is 2.43. The third-order valence-corrected chi connectivity index (χ3v) is 6.10. The summed E-state index contributed by atoms with van der Waals surface area (Å²) >= 11 is 3.49. The molecule has 2 aromatic heterocycles. The molecule has 0 spiro atoms. The molecule has 0 radical (unpaired) electrons. The summed E-state index contributed by atoms with van der Waals surface area (Å²) < 4.78 is 11.6. The number of pyridine rings is 1. The molecule has 0 aliphatic rings. The van der Waals surface area contributed by atoms with Crippen LogP contribution in [0.5, 0.6) is 11.5 Å². The first kappa shape index (κ1) is 26.5. The molecule has 1 aromatic carbocycles. The molecule has 0 aliphatic heterocycles. The zero-order valence-corrected chi connectivity index (χ0v) is 22.5. The fraction of sp³-hybridized carbons (Fsp3) is 0.440. The standard InChI is InChI=1S/C25H33BrN6O3/c1-6-7-10-25(3,15-29-16(2)33)32-23-22-20(11-18(26)14-27-22)30-24(31-23)28-13-17-8-9-19(34-4)12-21(17)35-5/h8-9,11-12,14H,6-7,10,13,15H2,1-5H3,(H,29,33)(H2,28,30,31,32). The second-order valence-corrected chi connectivity index (χ2v) is 9.56. The summed E-state index contributed by atoms with van der Waals surface area (Å²) in [5.41, 5.74) is 1.89. The molecule has 0 aliphatic carbocycles. The number of ether oxygens (including phenoxy) is 2. The van der Waals surface area contributed by atoms with Crippen molar-refractivity contribution >= 4 is 44.6 Å². The number of carbonyl (C=O) groups excluding carboxylic acids is 1. The lowest BCUT2D eigenvalue weighted by Gasteiger charge is -2.32. The van der Waals surface area contributed by atoms with Crippen molar-refractivity contribution in [2.75, 3.05) is 31.4 Å². The predicted molar refractivity (Wildman–Crippen MR) is 142 cm³/mol. The van der Waals surface area contributed by atoms with E-state index in [2.05, 4.69) is 55.7 Å². The average Bonchev–Trinajstić information content (AvgIpc) is 2.84. The molecule has 3 rings (SSSR count). The lowest BCUT2D eigenvalue weighted by Crippen LogP contribution is -2.46. The van der Waals surface area contributed by atoms with Crippen LogP contribution in [0.15, 0.2) is 34.9 Å². The Morgan fingerprint density at radius 1 is 1.17 bits per heavy atom. The highest BCUT2D eigenvalue weighted by atomic mass is 79.9. The molecule has 10 heteroatoms. The zero-order chi connectivity index (χ0) is 25.4. The molecule has 0 fully saturated rings. The maximum absolute atomic E-state index is 11.6. The summed E-state index contributed by atoms with van der Waals surface area (Å²) in [7, 11) is 3.25. The summed E-state index contributed by atoms with van der Waals surface area (Å²) in [5, 5.41) is 9.81. The lowest BCUT2D eigenvalue weighted by molar-refractivity contribution is -0.119. The number of amides is 1. The van der Waals surface area contributed by atoms with E-state index >= 15 is 0 Å². The van der Waals surface area contributed by atoms with Crippen molar-refractivity contribution in [3.05, 3.63) is 40.5 Å². The van der Waals surface area contributed by atoms with Gasteiger partial charge in [0.25, 0.3) is 0 Å². The van der Waals surface area contributed by atoms with Gasteiger partial charge in [0.15, 0.2) is 5.82 Å². The number of fused-ring (bicyclic) bond motifs is 1. The molecule has 35 heavy (non-hydrogen) atoms. The van der Waals surface area contributed by atoms with E-state index in [0.717, 1.165) is 35.0 Å². The van der Waals surface area contributed by atoms with Crippen LogP contribution in [0.25, 0.3) is 11.0 Å². The zero-order valence-electron chi connectivity index (χ0n) is 20.9. The number of methoxy groups -OCH3 is 2. The van der Waals surface area contributed by atoms with Crippen LogP contribution >= 0.6 is 15.9 Å². The highest BCUT2D eigenvalue weighted by Gasteiger charge is 2.26. The molecular weight excluding hydrogens is 512 g/mol. The number of unbranched alkanes of at least 4 members (excludes halogenated alkanes) is 1. The van der Waals surface area contributed by atoms with Crippen molar-refractivity contribution in [1.29, 1.82) is 0 Å². The van der Waals surface area contributed by atoms with Crippen LogP contribution in [0.2, 0.25) is 0 Å². The number of anilines is 2. The Bertz CT molecular complexity index is 1180. The Balaban J connectivity index is 1.94. The fourth-order valence-electron chi connectivity index (χ4n) is 3.70. The quantitative estimate of drug-likeness (QED) is 0.295. The third-order valence-electron chi connectivity index (χ3n) is 5.66. The average molecular weight is 545 g/mol. The molecule has 3 aromatic rings. The van der Waals surface area contributed by atoms with Crippen LogP contribution < -0.4 is 25.4 Å². The van der Waals surface area contributed by atoms with Crippen LogP contribution in [0.3, 0.4) is 0 Å². The van der Waals surface area contributed by atoms with Crippen LogP contribution in [-0.2, 0) is 11.3 Å². The first-order valence-electron chi connectivity index (χ1n) is 11.6.